The van der Waals surface area contributed by atoms with Gasteiger partial charge in [-0.1, -0.05) is 17.7 Å². The van der Waals surface area contributed by atoms with Gasteiger partial charge in [0.15, 0.2) is 5.78 Å². The molecule has 0 saturated carbocycles. The molecule has 0 amide bonds. The van der Waals surface area contributed by atoms with Crippen molar-refractivity contribution in [3.05, 3.63) is 41.7 Å². The van der Waals surface area contributed by atoms with E-state index >= 15 is 0 Å². The minimum Gasteiger partial charge on any atom is -0.292 e. The normalized spacial score (nSPS) is 9.79. The minimum absolute atomic E-state index is 0.0588. The zero-order valence-electron chi connectivity index (χ0n) is 7.87. The largest absolute Gasteiger partial charge is 0.292 e. The highest BCUT2D eigenvalue weighted by Crippen LogP contribution is 2.09. The van der Waals surface area contributed by atoms with E-state index in [4.69, 9.17) is 11.6 Å². The topological polar surface area (TPSA) is 30.0 Å². The summed E-state index contributed by atoms with van der Waals surface area (Å²) in [7, 11) is 0. The molecular formula is C11H12ClNO. The summed E-state index contributed by atoms with van der Waals surface area (Å²) in [5.74, 6) is 0.0588. The fraction of sp³-hybridized carbons (Fsp3) is 0.273. The van der Waals surface area contributed by atoms with Gasteiger partial charge in [-0.05, 0) is 25.0 Å². The number of hydrogen-bond acceptors (Lipinski definition) is 2. The summed E-state index contributed by atoms with van der Waals surface area (Å²) < 4.78 is 0. The van der Waals surface area contributed by atoms with E-state index < -0.39 is 0 Å². The van der Waals surface area contributed by atoms with E-state index in [1.165, 1.54) is 6.20 Å². The number of allylic oxidation sites excluding steroid dienone is 1. The molecule has 74 valence electrons. The van der Waals surface area contributed by atoms with Crippen LogP contribution in [-0.4, -0.2) is 10.8 Å². The van der Waals surface area contributed by atoms with Crippen molar-refractivity contribution in [2.75, 3.05) is 0 Å². The maximum Gasteiger partial charge on any atom is 0.181 e. The third-order valence-electron chi connectivity index (χ3n) is 1.83. The average Bonchev–Trinajstić information content (AvgIpc) is 2.19. The van der Waals surface area contributed by atoms with E-state index in [-0.39, 0.29) is 5.78 Å². The molecule has 14 heavy (non-hydrogen) atoms. The van der Waals surface area contributed by atoms with Gasteiger partial charge in [0.05, 0.1) is 5.02 Å². The molecule has 0 N–H and O–H groups in total. The lowest BCUT2D eigenvalue weighted by Gasteiger charge is -1.98. The molecule has 3 heteroatoms. The highest BCUT2D eigenvalue weighted by atomic mass is 35.5. The Kier molecular flexibility index (Phi) is 4.33. The van der Waals surface area contributed by atoms with Gasteiger partial charge in [-0.15, -0.1) is 6.58 Å². The molecule has 0 saturated heterocycles. The first kappa shape index (κ1) is 10.9. The quantitative estimate of drug-likeness (QED) is 0.423. The fourth-order valence-electron chi connectivity index (χ4n) is 1.08. The Morgan fingerprint density at radius 2 is 2.36 bits per heavy atom. The minimum atomic E-state index is 0.0588. The van der Waals surface area contributed by atoms with Crippen molar-refractivity contribution in [3.8, 4) is 0 Å². The van der Waals surface area contributed by atoms with Crippen molar-refractivity contribution in [2.45, 2.75) is 19.3 Å². The van der Waals surface area contributed by atoms with Gasteiger partial charge >= 0.3 is 0 Å². The van der Waals surface area contributed by atoms with Gasteiger partial charge in [0, 0.05) is 12.6 Å². The van der Waals surface area contributed by atoms with Crippen molar-refractivity contribution in [1.29, 1.82) is 0 Å². The maximum atomic E-state index is 11.5. The molecule has 0 aliphatic heterocycles. The van der Waals surface area contributed by atoms with Crippen LogP contribution in [0.25, 0.3) is 0 Å². The van der Waals surface area contributed by atoms with Gasteiger partial charge in [-0.25, -0.2) is 0 Å². The lowest BCUT2D eigenvalue weighted by Crippen LogP contribution is -2.01. The third-order valence-corrected chi connectivity index (χ3v) is 2.05. The van der Waals surface area contributed by atoms with Gasteiger partial charge in [0.2, 0.25) is 0 Å². The second-order valence-corrected chi connectivity index (χ2v) is 3.40. The number of unbranched alkanes of at least 4 members (excludes halogenated alkanes) is 1. The smallest absolute Gasteiger partial charge is 0.181 e. The van der Waals surface area contributed by atoms with Crippen LogP contribution in [0.3, 0.4) is 0 Å². The van der Waals surface area contributed by atoms with Gasteiger partial charge in [0.1, 0.15) is 5.69 Å². The summed E-state index contributed by atoms with van der Waals surface area (Å²) in [4.78, 5) is 15.4. The van der Waals surface area contributed by atoms with E-state index in [1.54, 1.807) is 12.1 Å². The second kappa shape index (κ2) is 5.55. The number of ketones is 1. The zero-order chi connectivity index (χ0) is 10.4. The Morgan fingerprint density at radius 3 is 2.93 bits per heavy atom. The lowest BCUT2D eigenvalue weighted by molar-refractivity contribution is 0.0975. The van der Waals surface area contributed by atoms with Gasteiger partial charge < -0.3 is 0 Å². The van der Waals surface area contributed by atoms with Crippen molar-refractivity contribution in [1.82, 2.24) is 4.98 Å². The third kappa shape index (κ3) is 3.30. The molecule has 0 bridgehead atoms. The summed E-state index contributed by atoms with van der Waals surface area (Å²) in [6.07, 6.45) is 5.50. The molecule has 0 unspecified atom stereocenters. The van der Waals surface area contributed by atoms with E-state index in [1.807, 2.05) is 6.08 Å². The summed E-state index contributed by atoms with van der Waals surface area (Å²) >= 11 is 5.66. The fourth-order valence-corrected chi connectivity index (χ4v) is 1.19. The van der Waals surface area contributed by atoms with Crippen LogP contribution in [0.5, 0.6) is 0 Å². The first-order valence-electron chi connectivity index (χ1n) is 4.49. The number of carbonyl (C=O) groups excluding carboxylic acids is 1. The average molecular weight is 210 g/mol. The van der Waals surface area contributed by atoms with Crippen LogP contribution in [-0.2, 0) is 0 Å². The molecule has 2 nitrogen and oxygen atoms in total. The van der Waals surface area contributed by atoms with Crippen LogP contribution in [0, 0.1) is 0 Å². The van der Waals surface area contributed by atoms with Crippen LogP contribution >= 0.6 is 11.6 Å². The second-order valence-electron chi connectivity index (χ2n) is 2.97. The Morgan fingerprint density at radius 1 is 1.57 bits per heavy atom. The Balaban J connectivity index is 2.52. The summed E-state index contributed by atoms with van der Waals surface area (Å²) in [6.45, 7) is 3.60. The van der Waals surface area contributed by atoms with Gasteiger partial charge in [-0.3, -0.25) is 9.78 Å². The molecular weight excluding hydrogens is 198 g/mol. The zero-order valence-corrected chi connectivity index (χ0v) is 8.63. The van der Waals surface area contributed by atoms with Gasteiger partial charge in [0.25, 0.3) is 0 Å². The Hall–Kier alpha value is -1.15. The molecule has 1 rings (SSSR count). The van der Waals surface area contributed by atoms with Gasteiger partial charge in [-0.2, -0.15) is 0 Å². The van der Waals surface area contributed by atoms with Crippen LogP contribution in [0.4, 0.5) is 0 Å². The summed E-state index contributed by atoms with van der Waals surface area (Å²) in [5, 5.41) is 0.549. The molecule has 1 aromatic rings. The van der Waals surface area contributed by atoms with E-state index in [9.17, 15) is 4.79 Å². The number of aromatic nitrogens is 1. The van der Waals surface area contributed by atoms with Crippen LogP contribution in [0.1, 0.15) is 29.8 Å². The standard InChI is InChI=1S/C11H12ClNO/c1-2-3-4-5-11(14)10-7-6-9(12)8-13-10/h2,6-8H,1,3-5H2. The maximum absolute atomic E-state index is 11.5. The molecule has 0 aliphatic carbocycles. The molecule has 0 fully saturated rings. The van der Waals surface area contributed by atoms with Crippen molar-refractivity contribution in [3.63, 3.8) is 0 Å². The SMILES string of the molecule is C=CCCCC(=O)c1ccc(Cl)cn1. The van der Waals surface area contributed by atoms with E-state index in [0.29, 0.717) is 17.1 Å². The number of Topliss-reactive ketones (excluding diaryl/α,β-unsaturated/α-hetero) is 1. The molecule has 0 radical (unpaired) electrons. The predicted octanol–water partition coefficient (Wildman–Crippen LogP) is 3.27. The molecule has 1 aromatic heterocycles. The first-order valence-corrected chi connectivity index (χ1v) is 4.87. The summed E-state index contributed by atoms with van der Waals surface area (Å²) in [6, 6.07) is 3.33. The monoisotopic (exact) mass is 209 g/mol. The Labute approximate surface area is 88.6 Å². The number of hydrogen-bond donors (Lipinski definition) is 0. The first-order chi connectivity index (χ1) is 6.74. The van der Waals surface area contributed by atoms with Crippen molar-refractivity contribution < 1.29 is 4.79 Å². The number of carbonyl (C=O) groups is 1. The number of pyridine rings is 1. The highest BCUT2D eigenvalue weighted by Gasteiger charge is 2.05. The molecule has 0 spiro atoms. The van der Waals surface area contributed by atoms with Crippen LogP contribution < -0.4 is 0 Å². The predicted molar refractivity (Wildman–Crippen MR) is 57.6 cm³/mol. The number of halogens is 1. The van der Waals surface area contributed by atoms with Crippen LogP contribution in [0.2, 0.25) is 5.02 Å². The number of rotatable bonds is 5. The molecule has 0 aliphatic rings. The molecule has 1 heterocycles. The number of nitrogens with zero attached hydrogens (tertiary/aromatic N) is 1. The lowest BCUT2D eigenvalue weighted by atomic mass is 10.1. The Bertz CT molecular complexity index is 319. The molecule has 0 atom stereocenters. The van der Waals surface area contributed by atoms with Crippen molar-refractivity contribution >= 4 is 17.4 Å². The summed E-state index contributed by atoms with van der Waals surface area (Å²) in [5.41, 5.74) is 0.485. The highest BCUT2D eigenvalue weighted by molar-refractivity contribution is 6.30. The van der Waals surface area contributed by atoms with Crippen LogP contribution in [0.15, 0.2) is 31.0 Å². The molecule has 0 aromatic carbocycles. The van der Waals surface area contributed by atoms with Crippen molar-refractivity contribution in [2.24, 2.45) is 0 Å². The van der Waals surface area contributed by atoms with E-state index in [2.05, 4.69) is 11.6 Å². The van der Waals surface area contributed by atoms with E-state index in [0.717, 1.165) is 12.8 Å².